The van der Waals surface area contributed by atoms with Crippen molar-refractivity contribution in [2.24, 2.45) is 7.05 Å². The summed E-state index contributed by atoms with van der Waals surface area (Å²) in [4.78, 5) is 13.6. The second-order valence-electron chi connectivity index (χ2n) is 7.49. The number of aromatic nitrogens is 3. The Kier molecular flexibility index (Phi) is 6.18. The number of ether oxygens (including phenoxy) is 2. The molecule has 0 saturated carbocycles. The third-order valence-corrected chi connectivity index (χ3v) is 5.46. The van der Waals surface area contributed by atoms with Gasteiger partial charge in [0, 0.05) is 25.3 Å². The Bertz CT molecular complexity index is 1230. The van der Waals surface area contributed by atoms with Gasteiger partial charge in [-0.2, -0.15) is 9.61 Å². The molecule has 0 aliphatic carbocycles. The molecule has 2 aromatic carbocycles. The van der Waals surface area contributed by atoms with Gasteiger partial charge in [0.1, 0.15) is 11.4 Å². The van der Waals surface area contributed by atoms with Gasteiger partial charge >= 0.3 is 0 Å². The number of hydrogen-bond donors (Lipinski definition) is 0. The highest BCUT2D eigenvalue weighted by Gasteiger charge is 2.19. The number of methoxy groups -OCH3 is 1. The molecule has 0 aliphatic rings. The minimum absolute atomic E-state index is 0.158. The van der Waals surface area contributed by atoms with Gasteiger partial charge < -0.3 is 14.0 Å². The molecule has 6 heteroatoms. The molecule has 0 fully saturated rings. The van der Waals surface area contributed by atoms with Gasteiger partial charge in [-0.3, -0.25) is 4.79 Å². The van der Waals surface area contributed by atoms with Gasteiger partial charge in [0.15, 0.2) is 0 Å². The molecule has 0 aliphatic heterocycles. The Labute approximate surface area is 181 Å². The summed E-state index contributed by atoms with van der Waals surface area (Å²) in [7, 11) is 3.58. The zero-order valence-corrected chi connectivity index (χ0v) is 18.2. The van der Waals surface area contributed by atoms with Crippen molar-refractivity contribution in [2.45, 2.75) is 26.4 Å². The highest BCUT2D eigenvalue weighted by molar-refractivity contribution is 5.70. The summed E-state index contributed by atoms with van der Waals surface area (Å²) in [6.07, 6.45) is 2.05. The lowest BCUT2D eigenvalue weighted by Crippen LogP contribution is -2.24. The summed E-state index contributed by atoms with van der Waals surface area (Å²) in [6.45, 7) is 3.15. The van der Waals surface area contributed by atoms with Crippen molar-refractivity contribution >= 4 is 5.65 Å². The van der Waals surface area contributed by atoms with E-state index in [1.807, 2.05) is 72.3 Å². The second-order valence-corrected chi connectivity index (χ2v) is 7.49. The van der Waals surface area contributed by atoms with Gasteiger partial charge in [-0.25, -0.2) is 0 Å². The fourth-order valence-electron chi connectivity index (χ4n) is 3.68. The molecule has 6 nitrogen and oxygen atoms in total. The number of fused-ring (bicyclic) bond motifs is 1. The van der Waals surface area contributed by atoms with Crippen molar-refractivity contribution in [3.63, 3.8) is 0 Å². The Morgan fingerprint density at radius 1 is 1.00 bits per heavy atom. The SMILES string of the molecule is CCCCOCc1c(-c2ccc(OC)cc2)c(=O)n2nc(-c3ccccc3)cc2n1C. The highest BCUT2D eigenvalue weighted by atomic mass is 16.5. The molecule has 4 rings (SSSR count). The Morgan fingerprint density at radius 2 is 1.74 bits per heavy atom. The lowest BCUT2D eigenvalue weighted by molar-refractivity contribution is 0.114. The summed E-state index contributed by atoms with van der Waals surface area (Å²) in [6, 6.07) is 19.3. The van der Waals surface area contributed by atoms with Crippen molar-refractivity contribution < 1.29 is 9.47 Å². The molecular formula is C25H27N3O3. The third-order valence-electron chi connectivity index (χ3n) is 5.46. The second kappa shape index (κ2) is 9.18. The summed E-state index contributed by atoms with van der Waals surface area (Å²) >= 11 is 0. The fraction of sp³-hybridized carbons (Fsp3) is 0.280. The fourth-order valence-corrected chi connectivity index (χ4v) is 3.68. The van der Waals surface area contributed by atoms with Crippen LogP contribution in [0.3, 0.4) is 0 Å². The smallest absolute Gasteiger partial charge is 0.282 e. The zero-order valence-electron chi connectivity index (χ0n) is 18.2. The van der Waals surface area contributed by atoms with E-state index in [2.05, 4.69) is 12.0 Å². The monoisotopic (exact) mass is 417 g/mol. The highest BCUT2D eigenvalue weighted by Crippen LogP contribution is 2.26. The van der Waals surface area contributed by atoms with E-state index in [1.165, 1.54) is 4.52 Å². The lowest BCUT2D eigenvalue weighted by atomic mass is 10.0. The van der Waals surface area contributed by atoms with Crippen molar-refractivity contribution in [3.8, 4) is 28.1 Å². The molecule has 0 N–H and O–H groups in total. The zero-order chi connectivity index (χ0) is 21.8. The quantitative estimate of drug-likeness (QED) is 0.390. The predicted molar refractivity (Wildman–Crippen MR) is 122 cm³/mol. The number of nitrogens with zero attached hydrogens (tertiary/aromatic N) is 3. The van der Waals surface area contributed by atoms with Crippen LogP contribution in [0.5, 0.6) is 5.75 Å². The maximum Gasteiger partial charge on any atom is 0.282 e. The van der Waals surface area contributed by atoms with Gasteiger partial charge in [-0.15, -0.1) is 0 Å². The predicted octanol–water partition coefficient (Wildman–Crippen LogP) is 4.69. The van der Waals surface area contributed by atoms with Crippen molar-refractivity contribution in [1.82, 2.24) is 14.2 Å². The van der Waals surface area contributed by atoms with Crippen LogP contribution in [0, 0.1) is 0 Å². The normalized spacial score (nSPS) is 11.2. The van der Waals surface area contributed by atoms with E-state index in [-0.39, 0.29) is 5.56 Å². The summed E-state index contributed by atoms with van der Waals surface area (Å²) in [5.74, 6) is 0.743. The van der Waals surface area contributed by atoms with Crippen LogP contribution in [0.1, 0.15) is 25.5 Å². The number of unbranched alkanes of at least 4 members (excludes halogenated alkanes) is 1. The van der Waals surface area contributed by atoms with E-state index in [0.717, 1.165) is 46.8 Å². The van der Waals surface area contributed by atoms with Crippen molar-refractivity contribution in [2.75, 3.05) is 13.7 Å². The van der Waals surface area contributed by atoms with E-state index in [0.29, 0.717) is 18.8 Å². The van der Waals surface area contributed by atoms with Crippen LogP contribution in [0.2, 0.25) is 0 Å². The van der Waals surface area contributed by atoms with E-state index in [4.69, 9.17) is 9.47 Å². The van der Waals surface area contributed by atoms with E-state index in [1.54, 1.807) is 7.11 Å². The molecule has 2 heterocycles. The molecule has 0 spiro atoms. The lowest BCUT2D eigenvalue weighted by Gasteiger charge is -2.16. The van der Waals surface area contributed by atoms with Crippen LogP contribution in [0.4, 0.5) is 0 Å². The van der Waals surface area contributed by atoms with Gasteiger partial charge in [0.25, 0.3) is 5.56 Å². The summed E-state index contributed by atoms with van der Waals surface area (Å²) < 4.78 is 14.7. The Morgan fingerprint density at radius 3 is 2.42 bits per heavy atom. The minimum Gasteiger partial charge on any atom is -0.497 e. The molecule has 0 amide bonds. The molecule has 2 aromatic heterocycles. The maximum atomic E-state index is 13.6. The van der Waals surface area contributed by atoms with Gasteiger partial charge in [0.05, 0.1) is 30.7 Å². The van der Waals surface area contributed by atoms with Gasteiger partial charge in [-0.1, -0.05) is 55.8 Å². The molecule has 0 unspecified atom stereocenters. The first-order valence-corrected chi connectivity index (χ1v) is 10.5. The molecule has 0 atom stereocenters. The summed E-state index contributed by atoms with van der Waals surface area (Å²) in [5.41, 5.74) is 4.55. The van der Waals surface area contributed by atoms with E-state index >= 15 is 0 Å². The van der Waals surface area contributed by atoms with Crippen LogP contribution >= 0.6 is 0 Å². The van der Waals surface area contributed by atoms with E-state index in [9.17, 15) is 4.79 Å². The van der Waals surface area contributed by atoms with Crippen LogP contribution < -0.4 is 10.3 Å². The van der Waals surface area contributed by atoms with Crippen LogP contribution in [-0.4, -0.2) is 27.9 Å². The van der Waals surface area contributed by atoms with Crippen LogP contribution in [0.25, 0.3) is 28.0 Å². The summed E-state index contributed by atoms with van der Waals surface area (Å²) in [5, 5.41) is 4.63. The first kappa shape index (κ1) is 20.9. The molecule has 31 heavy (non-hydrogen) atoms. The number of aryl methyl sites for hydroxylation is 1. The maximum absolute atomic E-state index is 13.6. The standard InChI is InChI=1S/C25H27N3O3/c1-4-5-15-31-17-22-24(19-11-13-20(30-3)14-12-19)25(29)28-23(27(22)2)16-21(26-28)18-9-7-6-8-10-18/h6-14,16H,4-5,15,17H2,1-3H3. The number of benzene rings is 2. The van der Waals surface area contributed by atoms with Crippen LogP contribution in [0.15, 0.2) is 65.5 Å². The van der Waals surface area contributed by atoms with E-state index < -0.39 is 0 Å². The first-order valence-electron chi connectivity index (χ1n) is 10.5. The van der Waals surface area contributed by atoms with Gasteiger partial charge in [0.2, 0.25) is 0 Å². The topological polar surface area (TPSA) is 57.8 Å². The molecule has 0 radical (unpaired) electrons. The number of hydrogen-bond acceptors (Lipinski definition) is 4. The van der Waals surface area contributed by atoms with Crippen molar-refractivity contribution in [1.29, 1.82) is 0 Å². The molecular weight excluding hydrogens is 390 g/mol. The Hall–Kier alpha value is -3.38. The molecule has 0 bridgehead atoms. The third kappa shape index (κ3) is 4.11. The van der Waals surface area contributed by atoms with Crippen LogP contribution in [-0.2, 0) is 18.4 Å². The molecule has 0 saturated heterocycles. The largest absolute Gasteiger partial charge is 0.497 e. The van der Waals surface area contributed by atoms with Crippen molar-refractivity contribution in [3.05, 3.63) is 76.7 Å². The Balaban J connectivity index is 1.89. The molecule has 4 aromatic rings. The first-order chi connectivity index (χ1) is 15.1. The molecule has 160 valence electrons. The minimum atomic E-state index is -0.158. The average molecular weight is 418 g/mol. The van der Waals surface area contributed by atoms with Gasteiger partial charge in [-0.05, 0) is 24.1 Å². The average Bonchev–Trinajstić information content (AvgIpc) is 3.27. The number of rotatable bonds is 8.